The van der Waals surface area contributed by atoms with Gasteiger partial charge in [-0.1, -0.05) is 19.1 Å². The molecule has 0 amide bonds. The Bertz CT molecular complexity index is 399. The van der Waals surface area contributed by atoms with Gasteiger partial charge in [0.25, 0.3) is 0 Å². The van der Waals surface area contributed by atoms with E-state index in [1.54, 1.807) is 6.20 Å². The third-order valence-electron chi connectivity index (χ3n) is 3.17. The summed E-state index contributed by atoms with van der Waals surface area (Å²) in [6.07, 6.45) is 1.79. The molecule has 1 aromatic heterocycles. The van der Waals surface area contributed by atoms with E-state index >= 15 is 0 Å². The first-order chi connectivity index (χ1) is 8.22. The van der Waals surface area contributed by atoms with Crippen molar-refractivity contribution in [2.45, 2.75) is 6.92 Å². The molecule has 1 aromatic rings. The molecule has 0 unspecified atom stereocenters. The number of nitrogens with two attached hydrogens (primary N) is 1. The molecular formula is C12H18N4S. The third-order valence-corrected chi connectivity index (χ3v) is 3.39. The van der Waals surface area contributed by atoms with Crippen molar-refractivity contribution in [3.63, 3.8) is 0 Å². The number of pyridine rings is 1. The summed E-state index contributed by atoms with van der Waals surface area (Å²) in [4.78, 5) is 9.53. The Labute approximate surface area is 107 Å². The van der Waals surface area contributed by atoms with Gasteiger partial charge < -0.3 is 15.5 Å². The summed E-state index contributed by atoms with van der Waals surface area (Å²) in [5.74, 6) is 0.927. The molecule has 1 aliphatic heterocycles. The lowest BCUT2D eigenvalue weighted by molar-refractivity contribution is 0.270. The summed E-state index contributed by atoms with van der Waals surface area (Å²) in [7, 11) is 0. The van der Waals surface area contributed by atoms with E-state index < -0.39 is 0 Å². The highest BCUT2D eigenvalue weighted by molar-refractivity contribution is 7.80. The van der Waals surface area contributed by atoms with Gasteiger partial charge in [0, 0.05) is 32.4 Å². The highest BCUT2D eigenvalue weighted by Crippen LogP contribution is 2.18. The standard InChI is InChI=1S/C12H18N4S/c1-2-15-6-8-16(9-7-15)12-10(11(13)17)4-3-5-14-12/h3-5H,2,6-9H2,1H3,(H2,13,17). The van der Waals surface area contributed by atoms with Crippen molar-refractivity contribution in [2.24, 2.45) is 5.73 Å². The molecule has 2 heterocycles. The van der Waals surface area contributed by atoms with E-state index in [0.29, 0.717) is 4.99 Å². The summed E-state index contributed by atoms with van der Waals surface area (Å²) in [6, 6.07) is 3.82. The summed E-state index contributed by atoms with van der Waals surface area (Å²) >= 11 is 5.07. The number of aromatic nitrogens is 1. The average molecular weight is 250 g/mol. The molecule has 92 valence electrons. The summed E-state index contributed by atoms with van der Waals surface area (Å²) in [5.41, 5.74) is 6.61. The highest BCUT2D eigenvalue weighted by Gasteiger charge is 2.19. The van der Waals surface area contributed by atoms with Gasteiger partial charge >= 0.3 is 0 Å². The lowest BCUT2D eigenvalue weighted by atomic mass is 10.2. The van der Waals surface area contributed by atoms with Crippen molar-refractivity contribution < 1.29 is 0 Å². The molecule has 5 heteroatoms. The van der Waals surface area contributed by atoms with Crippen LogP contribution in [0.25, 0.3) is 0 Å². The maximum atomic E-state index is 5.73. The number of anilines is 1. The van der Waals surface area contributed by atoms with Crippen LogP contribution in [-0.4, -0.2) is 47.6 Å². The number of hydrogen-bond donors (Lipinski definition) is 1. The Kier molecular flexibility index (Phi) is 3.91. The molecule has 0 radical (unpaired) electrons. The van der Waals surface area contributed by atoms with E-state index in [1.165, 1.54) is 0 Å². The second kappa shape index (κ2) is 5.42. The van der Waals surface area contributed by atoms with Gasteiger partial charge in [0.05, 0.1) is 5.56 Å². The van der Waals surface area contributed by atoms with Gasteiger partial charge in [0.1, 0.15) is 10.8 Å². The zero-order valence-corrected chi connectivity index (χ0v) is 10.9. The Morgan fingerprint density at radius 2 is 2.12 bits per heavy atom. The minimum absolute atomic E-state index is 0.422. The molecule has 0 spiro atoms. The van der Waals surface area contributed by atoms with E-state index in [0.717, 1.165) is 44.1 Å². The number of thiocarbonyl (C=S) groups is 1. The van der Waals surface area contributed by atoms with E-state index in [4.69, 9.17) is 18.0 Å². The molecule has 0 aromatic carbocycles. The second-order valence-electron chi connectivity index (χ2n) is 4.16. The summed E-state index contributed by atoms with van der Waals surface area (Å²) < 4.78 is 0. The Hall–Kier alpha value is -1.20. The van der Waals surface area contributed by atoms with Gasteiger partial charge in [-0.25, -0.2) is 4.98 Å². The fraction of sp³-hybridized carbons (Fsp3) is 0.500. The van der Waals surface area contributed by atoms with Gasteiger partial charge in [-0.05, 0) is 18.7 Å². The molecule has 1 aliphatic rings. The van der Waals surface area contributed by atoms with Crippen LogP contribution in [0.4, 0.5) is 5.82 Å². The predicted molar refractivity (Wildman–Crippen MR) is 74.5 cm³/mol. The van der Waals surface area contributed by atoms with Crippen molar-refractivity contribution in [3.05, 3.63) is 23.9 Å². The average Bonchev–Trinajstić information content (AvgIpc) is 2.39. The molecule has 0 bridgehead atoms. The van der Waals surface area contributed by atoms with Crippen LogP contribution < -0.4 is 10.6 Å². The van der Waals surface area contributed by atoms with Crippen LogP contribution in [0.3, 0.4) is 0 Å². The maximum Gasteiger partial charge on any atom is 0.138 e. The number of hydrogen-bond acceptors (Lipinski definition) is 4. The Balaban J connectivity index is 2.15. The lowest BCUT2D eigenvalue weighted by Crippen LogP contribution is -2.47. The molecule has 0 saturated carbocycles. The quantitative estimate of drug-likeness (QED) is 0.806. The molecule has 0 aliphatic carbocycles. The third kappa shape index (κ3) is 2.73. The van der Waals surface area contributed by atoms with E-state index in [-0.39, 0.29) is 0 Å². The zero-order valence-electron chi connectivity index (χ0n) is 10.1. The van der Waals surface area contributed by atoms with Crippen LogP contribution in [0.5, 0.6) is 0 Å². The number of piperazine rings is 1. The van der Waals surface area contributed by atoms with Crippen molar-refractivity contribution in [1.29, 1.82) is 0 Å². The fourth-order valence-electron chi connectivity index (χ4n) is 2.12. The highest BCUT2D eigenvalue weighted by atomic mass is 32.1. The van der Waals surface area contributed by atoms with E-state index in [9.17, 15) is 0 Å². The first-order valence-electron chi connectivity index (χ1n) is 5.94. The number of nitrogens with zero attached hydrogens (tertiary/aromatic N) is 3. The van der Waals surface area contributed by atoms with E-state index in [2.05, 4.69) is 21.7 Å². The largest absolute Gasteiger partial charge is 0.389 e. The van der Waals surface area contributed by atoms with Gasteiger partial charge in [-0.3, -0.25) is 0 Å². The number of likely N-dealkylation sites (N-methyl/N-ethyl adjacent to an activating group) is 1. The number of rotatable bonds is 3. The van der Waals surface area contributed by atoms with Gasteiger partial charge in [-0.15, -0.1) is 0 Å². The van der Waals surface area contributed by atoms with Gasteiger partial charge in [0.15, 0.2) is 0 Å². The van der Waals surface area contributed by atoms with E-state index in [1.807, 2.05) is 12.1 Å². The molecule has 2 rings (SSSR count). The first-order valence-corrected chi connectivity index (χ1v) is 6.35. The van der Waals surface area contributed by atoms with Gasteiger partial charge in [0.2, 0.25) is 0 Å². The first kappa shape index (κ1) is 12.3. The van der Waals surface area contributed by atoms with Crippen molar-refractivity contribution in [1.82, 2.24) is 9.88 Å². The Morgan fingerprint density at radius 3 is 2.71 bits per heavy atom. The van der Waals surface area contributed by atoms with Crippen LogP contribution in [-0.2, 0) is 0 Å². The van der Waals surface area contributed by atoms with Crippen molar-refractivity contribution >= 4 is 23.0 Å². The SMILES string of the molecule is CCN1CCN(c2ncccc2C(N)=S)CC1. The molecule has 2 N–H and O–H groups in total. The monoisotopic (exact) mass is 250 g/mol. The fourth-order valence-corrected chi connectivity index (χ4v) is 2.28. The summed E-state index contributed by atoms with van der Waals surface area (Å²) in [6.45, 7) is 7.42. The normalized spacial score (nSPS) is 17.1. The molecule has 0 atom stereocenters. The smallest absolute Gasteiger partial charge is 0.138 e. The van der Waals surface area contributed by atoms with Gasteiger partial charge in [-0.2, -0.15) is 0 Å². The van der Waals surface area contributed by atoms with Crippen molar-refractivity contribution in [3.8, 4) is 0 Å². The predicted octanol–water partition coefficient (Wildman–Crippen LogP) is 0.858. The molecule has 17 heavy (non-hydrogen) atoms. The summed E-state index contributed by atoms with van der Waals surface area (Å²) in [5, 5.41) is 0. The molecular weight excluding hydrogens is 232 g/mol. The van der Waals surface area contributed by atoms with Crippen molar-refractivity contribution in [2.75, 3.05) is 37.6 Å². The molecule has 4 nitrogen and oxygen atoms in total. The lowest BCUT2D eigenvalue weighted by Gasteiger charge is -2.35. The minimum atomic E-state index is 0.422. The van der Waals surface area contributed by atoms with Crippen LogP contribution in [0.15, 0.2) is 18.3 Å². The minimum Gasteiger partial charge on any atom is -0.389 e. The Morgan fingerprint density at radius 1 is 1.41 bits per heavy atom. The van der Waals surface area contributed by atoms with Crippen LogP contribution in [0.1, 0.15) is 12.5 Å². The maximum absolute atomic E-state index is 5.73. The van der Waals surface area contributed by atoms with Crippen LogP contribution >= 0.6 is 12.2 Å². The topological polar surface area (TPSA) is 45.4 Å². The van der Waals surface area contributed by atoms with Crippen LogP contribution in [0, 0.1) is 0 Å². The molecule has 1 saturated heterocycles. The molecule has 1 fully saturated rings. The zero-order chi connectivity index (χ0) is 12.3. The van der Waals surface area contributed by atoms with Crippen LogP contribution in [0.2, 0.25) is 0 Å². The second-order valence-corrected chi connectivity index (χ2v) is 4.60.